The van der Waals surface area contributed by atoms with Crippen LogP contribution < -0.4 is 5.32 Å². The van der Waals surface area contributed by atoms with Crippen LogP contribution in [0.2, 0.25) is 0 Å². The summed E-state index contributed by atoms with van der Waals surface area (Å²) in [5.41, 5.74) is 0. The second-order valence-electron chi connectivity index (χ2n) is 4.39. The van der Waals surface area contributed by atoms with Gasteiger partial charge in [0.15, 0.2) is 5.76 Å². The van der Waals surface area contributed by atoms with Crippen LogP contribution in [0.1, 0.15) is 30.3 Å². The first-order chi connectivity index (χ1) is 10.0. The van der Waals surface area contributed by atoms with Crippen LogP contribution in [0.25, 0.3) is 0 Å². The summed E-state index contributed by atoms with van der Waals surface area (Å²) in [6.45, 7) is 2.30. The molecule has 0 saturated heterocycles. The van der Waals surface area contributed by atoms with Crippen LogP contribution in [-0.2, 0) is 14.3 Å². The molecule has 0 saturated carbocycles. The van der Waals surface area contributed by atoms with Crippen LogP contribution in [0.5, 0.6) is 0 Å². The number of carbonyl (C=O) groups is 3. The summed E-state index contributed by atoms with van der Waals surface area (Å²) in [4.78, 5) is 35.8. The van der Waals surface area contributed by atoms with Gasteiger partial charge in [-0.2, -0.15) is 0 Å². The third-order valence-electron chi connectivity index (χ3n) is 2.70. The third kappa shape index (κ3) is 6.11. The minimum absolute atomic E-state index is 0.0641. The molecule has 7 nitrogen and oxygen atoms in total. The quantitative estimate of drug-likeness (QED) is 0.566. The zero-order chi connectivity index (χ0) is 15.7. The number of esters is 1. The van der Waals surface area contributed by atoms with E-state index in [-0.39, 0.29) is 30.5 Å². The van der Waals surface area contributed by atoms with Gasteiger partial charge in [-0.1, -0.05) is 0 Å². The minimum atomic E-state index is -0.431. The Hall–Kier alpha value is -2.31. The molecule has 0 aromatic carbocycles. The molecular formula is C14H20N2O5. The van der Waals surface area contributed by atoms with Gasteiger partial charge in [0.2, 0.25) is 5.91 Å². The van der Waals surface area contributed by atoms with Crippen molar-refractivity contribution in [1.29, 1.82) is 0 Å². The Balaban J connectivity index is 2.18. The lowest BCUT2D eigenvalue weighted by molar-refractivity contribution is -0.148. The molecule has 2 amide bonds. The molecule has 21 heavy (non-hydrogen) atoms. The Morgan fingerprint density at radius 3 is 2.76 bits per heavy atom. The van der Waals surface area contributed by atoms with Crippen molar-refractivity contribution in [2.45, 2.75) is 19.8 Å². The third-order valence-corrected chi connectivity index (χ3v) is 2.70. The van der Waals surface area contributed by atoms with Crippen molar-refractivity contribution in [3.63, 3.8) is 0 Å². The van der Waals surface area contributed by atoms with Crippen molar-refractivity contribution < 1.29 is 23.5 Å². The molecule has 0 aliphatic carbocycles. The molecule has 7 heteroatoms. The van der Waals surface area contributed by atoms with E-state index in [1.165, 1.54) is 11.2 Å². The maximum absolute atomic E-state index is 11.7. The highest BCUT2D eigenvalue weighted by molar-refractivity contribution is 5.91. The molecule has 1 N–H and O–H groups in total. The smallest absolute Gasteiger partial charge is 0.325 e. The van der Waals surface area contributed by atoms with E-state index in [0.717, 1.165) is 0 Å². The monoisotopic (exact) mass is 296 g/mol. The van der Waals surface area contributed by atoms with Gasteiger partial charge >= 0.3 is 5.97 Å². The van der Waals surface area contributed by atoms with Crippen molar-refractivity contribution in [3.8, 4) is 0 Å². The molecule has 0 unspecified atom stereocenters. The number of hydrogen-bond donors (Lipinski definition) is 1. The molecule has 116 valence electrons. The maximum Gasteiger partial charge on any atom is 0.325 e. The number of ether oxygens (including phenoxy) is 1. The Labute approximate surface area is 123 Å². The number of furan rings is 1. The number of rotatable bonds is 8. The van der Waals surface area contributed by atoms with Gasteiger partial charge in [0.1, 0.15) is 6.54 Å². The number of amides is 2. The van der Waals surface area contributed by atoms with Gasteiger partial charge in [0, 0.05) is 20.0 Å². The fourth-order valence-corrected chi connectivity index (χ4v) is 1.62. The normalized spacial score (nSPS) is 10.0. The van der Waals surface area contributed by atoms with Crippen LogP contribution in [0.3, 0.4) is 0 Å². The van der Waals surface area contributed by atoms with Gasteiger partial charge in [-0.15, -0.1) is 0 Å². The number of hydrogen-bond acceptors (Lipinski definition) is 5. The lowest BCUT2D eigenvalue weighted by Gasteiger charge is -2.15. The predicted octanol–water partition coefficient (Wildman–Crippen LogP) is 0.811. The second kappa shape index (κ2) is 8.78. The Bertz CT molecular complexity index is 470. The molecule has 1 aromatic rings. The summed E-state index contributed by atoms with van der Waals surface area (Å²) in [5, 5.41) is 2.65. The van der Waals surface area contributed by atoms with Gasteiger partial charge in [0.05, 0.1) is 12.9 Å². The predicted molar refractivity (Wildman–Crippen MR) is 74.5 cm³/mol. The summed E-state index contributed by atoms with van der Waals surface area (Å²) < 4.78 is 9.70. The molecule has 0 atom stereocenters. The zero-order valence-corrected chi connectivity index (χ0v) is 12.3. The van der Waals surface area contributed by atoms with Crippen LogP contribution in [-0.4, -0.2) is 49.4 Å². The summed E-state index contributed by atoms with van der Waals surface area (Å²) in [7, 11) is 1.54. The molecule has 1 heterocycles. The maximum atomic E-state index is 11.7. The van der Waals surface area contributed by atoms with Gasteiger partial charge in [0.25, 0.3) is 5.91 Å². The van der Waals surface area contributed by atoms with Crippen LogP contribution in [0.4, 0.5) is 0 Å². The first-order valence-electron chi connectivity index (χ1n) is 6.76. The van der Waals surface area contributed by atoms with E-state index < -0.39 is 5.97 Å². The van der Waals surface area contributed by atoms with Gasteiger partial charge in [-0.05, 0) is 25.5 Å². The summed E-state index contributed by atoms with van der Waals surface area (Å²) in [5.74, 6) is -0.678. The van der Waals surface area contributed by atoms with Crippen molar-refractivity contribution >= 4 is 17.8 Å². The molecule has 0 spiro atoms. The second-order valence-corrected chi connectivity index (χ2v) is 4.39. The average Bonchev–Trinajstić information content (AvgIpc) is 2.97. The molecule has 0 radical (unpaired) electrons. The van der Waals surface area contributed by atoms with Gasteiger partial charge in [-0.3, -0.25) is 14.4 Å². The number of nitrogens with zero attached hydrogens (tertiary/aromatic N) is 1. The fraction of sp³-hybridized carbons (Fsp3) is 0.500. The first kappa shape index (κ1) is 16.7. The molecule has 0 bridgehead atoms. The highest BCUT2D eigenvalue weighted by Crippen LogP contribution is 2.00. The SMILES string of the molecule is CCOC(=O)CN(C)C(=O)CCCNC(=O)c1ccco1. The van der Waals surface area contributed by atoms with E-state index in [1.54, 1.807) is 26.1 Å². The number of likely N-dealkylation sites (N-methyl/N-ethyl adjacent to an activating group) is 1. The standard InChI is InChI=1S/C14H20N2O5/c1-3-20-13(18)10-16(2)12(17)7-4-8-15-14(19)11-6-5-9-21-11/h5-6,9H,3-4,7-8,10H2,1-2H3,(H,15,19). The van der Waals surface area contributed by atoms with Gasteiger partial charge in [-0.25, -0.2) is 0 Å². The van der Waals surface area contributed by atoms with Crippen LogP contribution in [0, 0.1) is 0 Å². The highest BCUT2D eigenvalue weighted by atomic mass is 16.5. The summed E-state index contributed by atoms with van der Waals surface area (Å²) in [6.07, 6.45) is 2.15. The Morgan fingerprint density at radius 2 is 2.14 bits per heavy atom. The molecule has 1 aromatic heterocycles. The Kier molecular flexibility index (Phi) is 7.00. The van der Waals surface area contributed by atoms with E-state index in [9.17, 15) is 14.4 Å². The van der Waals surface area contributed by atoms with Crippen LogP contribution >= 0.6 is 0 Å². The zero-order valence-electron chi connectivity index (χ0n) is 12.3. The van der Waals surface area contributed by atoms with E-state index in [4.69, 9.17) is 9.15 Å². The summed E-state index contributed by atoms with van der Waals surface area (Å²) in [6, 6.07) is 3.19. The minimum Gasteiger partial charge on any atom is -0.465 e. The van der Waals surface area contributed by atoms with E-state index >= 15 is 0 Å². The Morgan fingerprint density at radius 1 is 1.38 bits per heavy atom. The highest BCUT2D eigenvalue weighted by Gasteiger charge is 2.13. The molecule has 0 aliphatic rings. The molecule has 1 rings (SSSR count). The van der Waals surface area contributed by atoms with Crippen molar-refractivity contribution in [3.05, 3.63) is 24.2 Å². The lowest BCUT2D eigenvalue weighted by atomic mass is 10.2. The number of carbonyl (C=O) groups excluding carboxylic acids is 3. The average molecular weight is 296 g/mol. The molecule has 0 fully saturated rings. The summed E-state index contributed by atoms with van der Waals surface area (Å²) >= 11 is 0. The van der Waals surface area contributed by atoms with E-state index in [2.05, 4.69) is 5.32 Å². The van der Waals surface area contributed by atoms with Crippen molar-refractivity contribution in [2.75, 3.05) is 26.7 Å². The fourth-order valence-electron chi connectivity index (χ4n) is 1.62. The molecular weight excluding hydrogens is 276 g/mol. The van der Waals surface area contributed by atoms with E-state index in [1.807, 2.05) is 0 Å². The first-order valence-corrected chi connectivity index (χ1v) is 6.76. The largest absolute Gasteiger partial charge is 0.465 e. The molecule has 0 aliphatic heterocycles. The van der Waals surface area contributed by atoms with E-state index in [0.29, 0.717) is 19.6 Å². The van der Waals surface area contributed by atoms with Crippen LogP contribution in [0.15, 0.2) is 22.8 Å². The van der Waals surface area contributed by atoms with Gasteiger partial charge < -0.3 is 19.4 Å². The van der Waals surface area contributed by atoms with Crippen molar-refractivity contribution in [1.82, 2.24) is 10.2 Å². The number of nitrogens with one attached hydrogen (secondary N) is 1. The van der Waals surface area contributed by atoms with Crippen molar-refractivity contribution in [2.24, 2.45) is 0 Å². The topological polar surface area (TPSA) is 88.9 Å². The lowest BCUT2D eigenvalue weighted by Crippen LogP contribution is -2.33.